The highest BCUT2D eigenvalue weighted by Crippen LogP contribution is 2.09. The van der Waals surface area contributed by atoms with Crippen molar-refractivity contribution < 1.29 is 14.7 Å². The number of nitrogens with zero attached hydrogens (tertiary/aromatic N) is 1. The lowest BCUT2D eigenvalue weighted by atomic mass is 10.0. The van der Waals surface area contributed by atoms with Crippen molar-refractivity contribution in [3.8, 4) is 0 Å². The van der Waals surface area contributed by atoms with E-state index in [4.69, 9.17) is 5.11 Å². The first-order valence-corrected chi connectivity index (χ1v) is 7.40. The summed E-state index contributed by atoms with van der Waals surface area (Å²) in [5, 5.41) is 11.8. The molecule has 0 saturated heterocycles. The zero-order valence-corrected chi connectivity index (χ0v) is 13.6. The molecular formula is C15H30N2O3. The van der Waals surface area contributed by atoms with Crippen LogP contribution in [-0.2, 0) is 4.79 Å². The van der Waals surface area contributed by atoms with E-state index in [1.54, 1.807) is 4.90 Å². The van der Waals surface area contributed by atoms with Crippen LogP contribution in [0.25, 0.3) is 0 Å². The monoisotopic (exact) mass is 286 g/mol. The van der Waals surface area contributed by atoms with Crippen molar-refractivity contribution in [2.75, 3.05) is 13.1 Å². The topological polar surface area (TPSA) is 69.6 Å². The van der Waals surface area contributed by atoms with Gasteiger partial charge in [0.1, 0.15) is 0 Å². The van der Waals surface area contributed by atoms with Gasteiger partial charge in [0, 0.05) is 19.1 Å². The summed E-state index contributed by atoms with van der Waals surface area (Å²) in [7, 11) is 0. The zero-order valence-electron chi connectivity index (χ0n) is 13.6. The molecule has 2 N–H and O–H groups in total. The van der Waals surface area contributed by atoms with Crippen LogP contribution in [0, 0.1) is 17.8 Å². The standard InChI is InChI=1S/C15H30N2O3/c1-10(2)8-17(9-11(3)4)15(20)16-13(12(5)6)7-14(18)19/h10-13H,7-9H2,1-6H3,(H,16,20)(H,18,19). The lowest BCUT2D eigenvalue weighted by Crippen LogP contribution is -2.49. The average molecular weight is 286 g/mol. The lowest BCUT2D eigenvalue weighted by Gasteiger charge is -2.30. The second kappa shape index (κ2) is 8.82. The summed E-state index contributed by atoms with van der Waals surface area (Å²) in [6, 6.07) is -0.492. The Bertz CT molecular complexity index is 304. The minimum absolute atomic E-state index is 0.0411. The van der Waals surface area contributed by atoms with Crippen molar-refractivity contribution in [3.05, 3.63) is 0 Å². The van der Waals surface area contributed by atoms with Crippen LogP contribution < -0.4 is 5.32 Å². The molecule has 0 spiro atoms. The summed E-state index contributed by atoms with van der Waals surface area (Å²) in [6.45, 7) is 13.5. The molecule has 0 heterocycles. The molecular weight excluding hydrogens is 256 g/mol. The minimum atomic E-state index is -0.886. The fraction of sp³-hybridized carbons (Fsp3) is 0.867. The molecule has 0 aliphatic carbocycles. The third-order valence-corrected chi connectivity index (χ3v) is 2.97. The molecule has 0 aromatic rings. The fourth-order valence-electron chi connectivity index (χ4n) is 2.01. The second-order valence-corrected chi connectivity index (χ2v) is 6.59. The number of carboxylic acids is 1. The molecule has 0 aromatic carbocycles. The Hall–Kier alpha value is -1.26. The van der Waals surface area contributed by atoms with Gasteiger partial charge in [-0.05, 0) is 17.8 Å². The first-order chi connectivity index (χ1) is 9.13. The van der Waals surface area contributed by atoms with Crippen LogP contribution >= 0.6 is 0 Å². The largest absolute Gasteiger partial charge is 0.481 e. The van der Waals surface area contributed by atoms with Crippen molar-refractivity contribution in [2.24, 2.45) is 17.8 Å². The number of carboxylic acid groups (broad SMARTS) is 1. The number of hydrogen-bond acceptors (Lipinski definition) is 2. The summed E-state index contributed by atoms with van der Waals surface area (Å²) < 4.78 is 0. The fourth-order valence-corrected chi connectivity index (χ4v) is 2.01. The molecule has 0 aromatic heterocycles. The van der Waals surface area contributed by atoms with E-state index in [9.17, 15) is 9.59 Å². The van der Waals surface area contributed by atoms with Crippen LogP contribution in [0.5, 0.6) is 0 Å². The number of carbonyl (C=O) groups excluding carboxylic acids is 1. The molecule has 0 aliphatic rings. The number of rotatable bonds is 8. The van der Waals surface area contributed by atoms with Gasteiger partial charge in [-0.25, -0.2) is 4.79 Å². The molecule has 1 unspecified atom stereocenters. The smallest absolute Gasteiger partial charge is 0.317 e. The van der Waals surface area contributed by atoms with E-state index >= 15 is 0 Å². The predicted octanol–water partition coefficient (Wildman–Crippen LogP) is 2.81. The molecule has 5 heteroatoms. The number of urea groups is 1. The van der Waals surface area contributed by atoms with Gasteiger partial charge in [-0.3, -0.25) is 4.79 Å². The lowest BCUT2D eigenvalue weighted by molar-refractivity contribution is -0.137. The molecule has 0 radical (unpaired) electrons. The van der Waals surface area contributed by atoms with Gasteiger partial charge in [0.05, 0.1) is 6.42 Å². The summed E-state index contributed by atoms with van der Waals surface area (Å²) in [5.74, 6) is -0.0220. The van der Waals surface area contributed by atoms with E-state index in [1.165, 1.54) is 0 Å². The van der Waals surface area contributed by atoms with Crippen molar-refractivity contribution in [1.82, 2.24) is 10.2 Å². The van der Waals surface area contributed by atoms with Crippen LogP contribution in [0.3, 0.4) is 0 Å². The van der Waals surface area contributed by atoms with Crippen molar-refractivity contribution in [3.63, 3.8) is 0 Å². The molecule has 0 aliphatic heterocycles. The minimum Gasteiger partial charge on any atom is -0.481 e. The van der Waals surface area contributed by atoms with Crippen molar-refractivity contribution in [2.45, 2.75) is 54.0 Å². The molecule has 5 nitrogen and oxygen atoms in total. The number of carbonyl (C=O) groups is 2. The van der Waals surface area contributed by atoms with Gasteiger partial charge in [0.2, 0.25) is 0 Å². The Kier molecular flexibility index (Phi) is 8.26. The molecule has 0 bridgehead atoms. The Labute approximate surface area is 122 Å². The molecule has 0 rings (SSSR count). The number of hydrogen-bond donors (Lipinski definition) is 2. The van der Waals surface area contributed by atoms with Crippen molar-refractivity contribution >= 4 is 12.0 Å². The van der Waals surface area contributed by atoms with Crippen molar-refractivity contribution in [1.29, 1.82) is 0 Å². The Morgan fingerprint density at radius 1 is 1.00 bits per heavy atom. The Morgan fingerprint density at radius 2 is 1.45 bits per heavy atom. The van der Waals surface area contributed by atoms with Gasteiger partial charge >= 0.3 is 12.0 Å². The van der Waals surface area contributed by atoms with Gasteiger partial charge < -0.3 is 15.3 Å². The Morgan fingerprint density at radius 3 is 1.75 bits per heavy atom. The molecule has 20 heavy (non-hydrogen) atoms. The van der Waals surface area contributed by atoms with Crippen LogP contribution in [0.15, 0.2) is 0 Å². The molecule has 1 atom stereocenters. The summed E-state index contributed by atoms with van der Waals surface area (Å²) in [6.07, 6.45) is -0.0411. The van der Waals surface area contributed by atoms with Gasteiger partial charge in [0.25, 0.3) is 0 Å². The first-order valence-electron chi connectivity index (χ1n) is 7.40. The van der Waals surface area contributed by atoms with Gasteiger partial charge in [-0.2, -0.15) is 0 Å². The second-order valence-electron chi connectivity index (χ2n) is 6.59. The molecule has 0 saturated carbocycles. The van der Waals surface area contributed by atoms with Crippen LogP contribution in [0.2, 0.25) is 0 Å². The van der Waals surface area contributed by atoms with Crippen LogP contribution in [0.1, 0.15) is 48.0 Å². The maximum absolute atomic E-state index is 12.3. The zero-order chi connectivity index (χ0) is 15.9. The molecule has 2 amide bonds. The van der Waals surface area contributed by atoms with Gasteiger partial charge in [-0.15, -0.1) is 0 Å². The average Bonchev–Trinajstić information content (AvgIpc) is 2.24. The summed E-state index contributed by atoms with van der Waals surface area (Å²) >= 11 is 0. The van der Waals surface area contributed by atoms with Crippen LogP contribution in [0.4, 0.5) is 4.79 Å². The normalized spacial score (nSPS) is 12.8. The highest BCUT2D eigenvalue weighted by Gasteiger charge is 2.23. The van der Waals surface area contributed by atoms with E-state index in [2.05, 4.69) is 33.0 Å². The summed E-state index contributed by atoms with van der Waals surface area (Å²) in [5.41, 5.74) is 0. The quantitative estimate of drug-likeness (QED) is 0.721. The molecule has 0 fully saturated rings. The molecule has 118 valence electrons. The van der Waals surface area contributed by atoms with Gasteiger partial charge in [0.15, 0.2) is 0 Å². The van der Waals surface area contributed by atoms with E-state index in [0.29, 0.717) is 24.9 Å². The number of aliphatic carboxylic acids is 1. The third-order valence-electron chi connectivity index (χ3n) is 2.97. The number of nitrogens with one attached hydrogen (secondary N) is 1. The van der Waals surface area contributed by atoms with E-state index in [1.807, 2.05) is 13.8 Å². The first kappa shape index (κ1) is 18.7. The summed E-state index contributed by atoms with van der Waals surface area (Å²) in [4.78, 5) is 25.0. The van der Waals surface area contributed by atoms with Gasteiger partial charge in [-0.1, -0.05) is 41.5 Å². The predicted molar refractivity (Wildman–Crippen MR) is 80.7 cm³/mol. The maximum atomic E-state index is 12.3. The van der Waals surface area contributed by atoms with E-state index in [-0.39, 0.29) is 24.4 Å². The Balaban J connectivity index is 4.72. The number of amides is 2. The van der Waals surface area contributed by atoms with Crippen LogP contribution in [-0.4, -0.2) is 41.1 Å². The highest BCUT2D eigenvalue weighted by molar-refractivity contribution is 5.76. The maximum Gasteiger partial charge on any atom is 0.317 e. The van der Waals surface area contributed by atoms with E-state index < -0.39 is 5.97 Å². The third kappa shape index (κ3) is 8.02. The highest BCUT2D eigenvalue weighted by atomic mass is 16.4. The van der Waals surface area contributed by atoms with E-state index in [0.717, 1.165) is 0 Å². The SMILES string of the molecule is CC(C)CN(CC(C)C)C(=O)NC(CC(=O)O)C(C)C.